The molecule has 0 fully saturated rings. The maximum Gasteiger partial charge on any atom is 0.304 e. The van der Waals surface area contributed by atoms with Crippen LogP contribution in [0.5, 0.6) is 5.75 Å². The number of aliphatic carboxylic acids is 1. The molecule has 0 aromatic heterocycles. The van der Waals surface area contributed by atoms with E-state index in [1.165, 1.54) is 0 Å². The topological polar surface area (TPSA) is 46.5 Å². The number of benzene rings is 1. The Kier molecular flexibility index (Phi) is 3.93. The summed E-state index contributed by atoms with van der Waals surface area (Å²) in [6.07, 6.45) is 0.114. The smallest absolute Gasteiger partial charge is 0.304 e. The van der Waals surface area contributed by atoms with Gasteiger partial charge in [0.15, 0.2) is 0 Å². The second-order valence-electron chi connectivity index (χ2n) is 4.42. The highest BCUT2D eigenvalue weighted by Crippen LogP contribution is 2.29. The molecular weight excluding hydrogens is 204 g/mol. The monoisotopic (exact) mass is 222 g/mol. The highest BCUT2D eigenvalue weighted by atomic mass is 16.5. The van der Waals surface area contributed by atoms with Gasteiger partial charge in [-0.1, -0.05) is 26.0 Å². The van der Waals surface area contributed by atoms with Gasteiger partial charge in [-0.05, 0) is 24.6 Å². The summed E-state index contributed by atoms with van der Waals surface area (Å²) in [6, 6.07) is 7.62. The first-order valence-corrected chi connectivity index (χ1v) is 5.41. The molecule has 0 bridgehead atoms. The molecule has 0 amide bonds. The predicted octanol–water partition coefficient (Wildman–Crippen LogP) is 2.84. The fraction of sp³-hybridized carbons (Fsp3) is 0.462. The van der Waals surface area contributed by atoms with Gasteiger partial charge in [-0.3, -0.25) is 4.79 Å². The fourth-order valence-electron chi connectivity index (χ4n) is 1.65. The first kappa shape index (κ1) is 12.6. The predicted molar refractivity (Wildman–Crippen MR) is 62.9 cm³/mol. The van der Waals surface area contributed by atoms with Gasteiger partial charge < -0.3 is 9.84 Å². The van der Waals surface area contributed by atoms with E-state index in [4.69, 9.17) is 9.84 Å². The van der Waals surface area contributed by atoms with Crippen LogP contribution in [0, 0.1) is 0 Å². The number of hydrogen-bond donors (Lipinski definition) is 1. The summed E-state index contributed by atoms with van der Waals surface area (Å²) < 4.78 is 5.40. The Morgan fingerprint density at radius 3 is 2.69 bits per heavy atom. The number of carbonyl (C=O) groups is 1. The summed E-state index contributed by atoms with van der Waals surface area (Å²) >= 11 is 0. The second kappa shape index (κ2) is 5.01. The molecule has 16 heavy (non-hydrogen) atoms. The molecule has 3 nitrogen and oxygen atoms in total. The van der Waals surface area contributed by atoms with Crippen molar-refractivity contribution in [2.45, 2.75) is 32.6 Å². The van der Waals surface area contributed by atoms with E-state index in [0.29, 0.717) is 6.61 Å². The van der Waals surface area contributed by atoms with E-state index in [9.17, 15) is 4.79 Å². The fourth-order valence-corrected chi connectivity index (χ4v) is 1.65. The van der Waals surface area contributed by atoms with Gasteiger partial charge in [0.25, 0.3) is 0 Å². The van der Waals surface area contributed by atoms with Crippen molar-refractivity contribution in [3.63, 3.8) is 0 Å². The molecule has 0 saturated carbocycles. The van der Waals surface area contributed by atoms with Crippen molar-refractivity contribution < 1.29 is 14.6 Å². The molecule has 1 N–H and O–H groups in total. The number of carboxylic acids is 1. The van der Waals surface area contributed by atoms with Gasteiger partial charge in [0.05, 0.1) is 13.0 Å². The molecule has 0 atom stereocenters. The van der Waals surface area contributed by atoms with Crippen LogP contribution >= 0.6 is 0 Å². The molecule has 0 heterocycles. The van der Waals surface area contributed by atoms with Crippen LogP contribution in [-0.2, 0) is 10.2 Å². The largest absolute Gasteiger partial charge is 0.494 e. The minimum Gasteiger partial charge on any atom is -0.494 e. The van der Waals surface area contributed by atoms with E-state index in [-0.39, 0.29) is 11.8 Å². The molecule has 0 spiro atoms. The van der Waals surface area contributed by atoms with Crippen LogP contribution in [0.2, 0.25) is 0 Å². The Balaban J connectivity index is 2.93. The van der Waals surface area contributed by atoms with Crippen molar-refractivity contribution in [1.29, 1.82) is 0 Å². The van der Waals surface area contributed by atoms with Gasteiger partial charge in [0.1, 0.15) is 5.75 Å². The second-order valence-corrected chi connectivity index (χ2v) is 4.42. The summed E-state index contributed by atoms with van der Waals surface area (Å²) in [6.45, 7) is 6.39. The van der Waals surface area contributed by atoms with Crippen molar-refractivity contribution in [2.24, 2.45) is 0 Å². The van der Waals surface area contributed by atoms with Crippen molar-refractivity contribution in [3.05, 3.63) is 29.8 Å². The third-order valence-electron chi connectivity index (χ3n) is 2.52. The molecule has 0 saturated heterocycles. The summed E-state index contributed by atoms with van der Waals surface area (Å²) in [5.74, 6) is 0.00489. The Bertz CT molecular complexity index is 369. The lowest BCUT2D eigenvalue weighted by Crippen LogP contribution is -2.21. The minimum absolute atomic E-state index is 0.114. The standard InChI is InChI=1S/C13H18O3/c1-4-16-11-7-5-6-10(8-11)13(2,3)9-12(14)15/h5-8H,4,9H2,1-3H3,(H,14,15). The number of ether oxygens (including phenoxy) is 1. The third-order valence-corrected chi connectivity index (χ3v) is 2.52. The Morgan fingerprint density at radius 1 is 1.44 bits per heavy atom. The van der Waals surface area contributed by atoms with Crippen LogP contribution in [0.3, 0.4) is 0 Å². The van der Waals surface area contributed by atoms with Gasteiger partial charge in [0, 0.05) is 5.41 Å². The first-order valence-electron chi connectivity index (χ1n) is 5.41. The van der Waals surface area contributed by atoms with E-state index in [0.717, 1.165) is 11.3 Å². The molecule has 0 aliphatic rings. The van der Waals surface area contributed by atoms with E-state index in [1.54, 1.807) is 0 Å². The Morgan fingerprint density at radius 2 is 2.12 bits per heavy atom. The van der Waals surface area contributed by atoms with Crippen molar-refractivity contribution in [3.8, 4) is 5.75 Å². The summed E-state index contributed by atoms with van der Waals surface area (Å²) in [5.41, 5.74) is 0.611. The zero-order chi connectivity index (χ0) is 12.2. The lowest BCUT2D eigenvalue weighted by Gasteiger charge is -2.23. The molecule has 3 heteroatoms. The molecule has 0 aliphatic carbocycles. The van der Waals surface area contributed by atoms with E-state index in [1.807, 2.05) is 45.0 Å². The van der Waals surface area contributed by atoms with Gasteiger partial charge in [-0.25, -0.2) is 0 Å². The zero-order valence-electron chi connectivity index (χ0n) is 9.99. The van der Waals surface area contributed by atoms with E-state index in [2.05, 4.69) is 0 Å². The first-order chi connectivity index (χ1) is 7.45. The molecule has 0 unspecified atom stereocenters. The van der Waals surface area contributed by atoms with E-state index < -0.39 is 5.97 Å². The van der Waals surface area contributed by atoms with Crippen molar-refractivity contribution in [1.82, 2.24) is 0 Å². The highest BCUT2D eigenvalue weighted by Gasteiger charge is 2.24. The molecule has 88 valence electrons. The van der Waals surface area contributed by atoms with Crippen LogP contribution in [0.25, 0.3) is 0 Å². The van der Waals surface area contributed by atoms with Crippen molar-refractivity contribution >= 4 is 5.97 Å². The van der Waals surface area contributed by atoms with Gasteiger partial charge in [-0.2, -0.15) is 0 Å². The maximum atomic E-state index is 10.8. The maximum absolute atomic E-state index is 10.8. The SMILES string of the molecule is CCOc1cccc(C(C)(C)CC(=O)O)c1. The molecular formula is C13H18O3. The molecule has 0 radical (unpaired) electrons. The summed E-state index contributed by atoms with van der Waals surface area (Å²) in [4.78, 5) is 10.8. The van der Waals surface area contributed by atoms with Crippen LogP contribution < -0.4 is 4.74 Å². The lowest BCUT2D eigenvalue weighted by molar-refractivity contribution is -0.138. The Labute approximate surface area is 96.1 Å². The average molecular weight is 222 g/mol. The molecule has 1 aromatic rings. The highest BCUT2D eigenvalue weighted by molar-refractivity contribution is 5.69. The van der Waals surface area contributed by atoms with Gasteiger partial charge in [0.2, 0.25) is 0 Å². The third kappa shape index (κ3) is 3.26. The van der Waals surface area contributed by atoms with Crippen molar-refractivity contribution in [2.75, 3.05) is 6.61 Å². The Hall–Kier alpha value is -1.51. The van der Waals surface area contributed by atoms with Crippen LogP contribution in [0.4, 0.5) is 0 Å². The minimum atomic E-state index is -0.785. The lowest BCUT2D eigenvalue weighted by atomic mass is 9.81. The number of carboxylic acid groups (broad SMARTS) is 1. The zero-order valence-corrected chi connectivity index (χ0v) is 9.99. The quantitative estimate of drug-likeness (QED) is 0.833. The normalized spacial score (nSPS) is 11.2. The van der Waals surface area contributed by atoms with E-state index >= 15 is 0 Å². The number of hydrogen-bond acceptors (Lipinski definition) is 2. The van der Waals surface area contributed by atoms with Crippen LogP contribution in [0.15, 0.2) is 24.3 Å². The molecule has 1 rings (SSSR count). The summed E-state index contributed by atoms with van der Waals surface area (Å²) in [5, 5.41) is 8.85. The van der Waals surface area contributed by atoms with Gasteiger partial charge in [-0.15, -0.1) is 0 Å². The summed E-state index contributed by atoms with van der Waals surface area (Å²) in [7, 11) is 0. The van der Waals surface area contributed by atoms with Crippen LogP contribution in [-0.4, -0.2) is 17.7 Å². The molecule has 1 aromatic carbocycles. The average Bonchev–Trinajstić information content (AvgIpc) is 2.16. The molecule has 0 aliphatic heterocycles. The number of rotatable bonds is 5. The van der Waals surface area contributed by atoms with Gasteiger partial charge >= 0.3 is 5.97 Å². The van der Waals surface area contributed by atoms with Crippen LogP contribution in [0.1, 0.15) is 32.8 Å².